The summed E-state index contributed by atoms with van der Waals surface area (Å²) in [6.07, 6.45) is 0.886. The maximum atomic E-state index is 13.5. The third-order valence-electron chi connectivity index (χ3n) is 6.15. The van der Waals surface area contributed by atoms with Crippen molar-refractivity contribution in [3.63, 3.8) is 0 Å². The highest BCUT2D eigenvalue weighted by Gasteiger charge is 2.33. The van der Waals surface area contributed by atoms with E-state index >= 15 is 0 Å². The molecule has 0 saturated heterocycles. The number of ether oxygens (including phenoxy) is 1. The Morgan fingerprint density at radius 2 is 1.78 bits per heavy atom. The van der Waals surface area contributed by atoms with E-state index in [-0.39, 0.29) is 17.8 Å². The molecule has 0 radical (unpaired) electrons. The van der Waals surface area contributed by atoms with Crippen molar-refractivity contribution in [1.29, 1.82) is 0 Å². The van der Waals surface area contributed by atoms with Crippen LogP contribution in [0.1, 0.15) is 17.5 Å². The Kier molecular flexibility index (Phi) is 4.84. The topological polar surface area (TPSA) is 76.1 Å². The molecular weight excluding hydrogens is 406 g/mol. The monoisotopic (exact) mass is 432 g/mol. The van der Waals surface area contributed by atoms with Crippen LogP contribution in [0.5, 0.6) is 5.75 Å². The Bertz CT molecular complexity index is 1410. The van der Waals surface area contributed by atoms with E-state index in [1.54, 1.807) is 14.2 Å². The van der Waals surface area contributed by atoms with Gasteiger partial charge in [0.1, 0.15) is 11.4 Å². The summed E-state index contributed by atoms with van der Waals surface area (Å²) in [5.74, 6) is 1.59. The van der Waals surface area contributed by atoms with E-state index < -0.39 is 0 Å². The van der Waals surface area contributed by atoms with Crippen LogP contribution >= 0.6 is 0 Å². The number of imidazole rings is 1. The summed E-state index contributed by atoms with van der Waals surface area (Å²) in [7, 11) is 3.35. The fraction of sp³-hybridized carbons (Fsp3) is 0.292. The van der Waals surface area contributed by atoms with Crippen molar-refractivity contribution in [2.45, 2.75) is 26.4 Å². The van der Waals surface area contributed by atoms with Crippen LogP contribution in [0.4, 0.5) is 11.6 Å². The number of aryl methyl sites for hydroxylation is 3. The molecule has 1 aliphatic heterocycles. The molecule has 0 amide bonds. The molecule has 32 heavy (non-hydrogen) atoms. The number of aromatic nitrogens is 4. The first-order chi connectivity index (χ1) is 15.5. The number of aromatic amines is 1. The van der Waals surface area contributed by atoms with Crippen molar-refractivity contribution in [2.75, 3.05) is 18.6 Å². The predicted molar refractivity (Wildman–Crippen MR) is 123 cm³/mol. The molecule has 0 aliphatic carbocycles. The first-order valence-electron chi connectivity index (χ1n) is 10.7. The lowest BCUT2D eigenvalue weighted by Crippen LogP contribution is -2.49. The molecule has 0 spiro atoms. The molecule has 0 fully saturated rings. The number of hydrogen-bond donors (Lipinski definition) is 1. The van der Waals surface area contributed by atoms with Gasteiger partial charge in [-0.15, -0.1) is 0 Å². The molecule has 4 aromatic rings. The van der Waals surface area contributed by atoms with Gasteiger partial charge in [0.05, 0.1) is 26.7 Å². The summed E-state index contributed by atoms with van der Waals surface area (Å²) in [5.41, 5.74) is 3.50. The molecular formula is C24H26N5O3+. The lowest BCUT2D eigenvalue weighted by molar-refractivity contribution is -0.663. The average molecular weight is 433 g/mol. The third kappa shape index (κ3) is 3.19. The molecule has 3 heterocycles. The molecule has 0 saturated carbocycles. The van der Waals surface area contributed by atoms with Gasteiger partial charge in [0.2, 0.25) is 11.2 Å². The maximum Gasteiger partial charge on any atom is 0.364 e. The molecule has 0 atom stereocenters. The largest absolute Gasteiger partial charge is 0.497 e. The first-order valence-corrected chi connectivity index (χ1v) is 10.7. The molecule has 1 N–H and O–H groups in total. The Hall–Kier alpha value is -3.81. The number of rotatable bonds is 4. The summed E-state index contributed by atoms with van der Waals surface area (Å²) < 4.78 is 10.1. The summed E-state index contributed by atoms with van der Waals surface area (Å²) in [4.78, 5) is 32.1. The molecule has 5 rings (SSSR count). The van der Waals surface area contributed by atoms with E-state index in [2.05, 4.69) is 9.88 Å². The zero-order chi connectivity index (χ0) is 22.4. The van der Waals surface area contributed by atoms with Crippen LogP contribution in [0, 0.1) is 6.92 Å². The van der Waals surface area contributed by atoms with Gasteiger partial charge in [0.15, 0.2) is 0 Å². The van der Waals surface area contributed by atoms with E-state index in [4.69, 9.17) is 4.74 Å². The molecule has 1 aliphatic rings. The number of nitrogens with zero attached hydrogens (tertiary/aromatic N) is 4. The number of H-pyrrole nitrogens is 1. The smallest absolute Gasteiger partial charge is 0.364 e. The van der Waals surface area contributed by atoms with E-state index in [1.807, 2.05) is 60.0 Å². The standard InChI is InChI=1S/C24H25N5O3/c1-16-5-7-17(8-6-16)15-29-22(30)20-21(26(2)24(29)31)25-23-27(13-4-14-28(20)23)18-9-11-19(32-3)12-10-18/h5-12H,4,13-15H2,1-3H3/p+1. The molecule has 0 unspecified atom stereocenters. The molecule has 2 aromatic carbocycles. The highest BCUT2D eigenvalue weighted by molar-refractivity contribution is 5.70. The van der Waals surface area contributed by atoms with Crippen LogP contribution in [-0.2, 0) is 20.1 Å². The SMILES string of the molecule is COc1ccc(N2CCC[n+]3c2[nH]c2c3c(=O)n(Cc3ccc(C)cc3)c(=O)n2C)cc1. The van der Waals surface area contributed by atoms with E-state index in [9.17, 15) is 9.59 Å². The highest BCUT2D eigenvalue weighted by Crippen LogP contribution is 2.27. The summed E-state index contributed by atoms with van der Waals surface area (Å²) in [5, 5.41) is 0. The number of benzene rings is 2. The molecule has 2 aromatic heterocycles. The van der Waals surface area contributed by atoms with Gasteiger partial charge in [-0.2, -0.15) is 0 Å². The van der Waals surface area contributed by atoms with E-state index in [1.165, 1.54) is 9.13 Å². The zero-order valence-electron chi connectivity index (χ0n) is 18.5. The summed E-state index contributed by atoms with van der Waals surface area (Å²) in [6, 6.07) is 15.7. The minimum absolute atomic E-state index is 0.241. The van der Waals surface area contributed by atoms with Crippen molar-refractivity contribution >= 4 is 22.8 Å². The third-order valence-corrected chi connectivity index (χ3v) is 6.15. The van der Waals surface area contributed by atoms with Gasteiger partial charge < -0.3 is 4.74 Å². The Balaban J connectivity index is 1.66. The Morgan fingerprint density at radius 3 is 2.47 bits per heavy atom. The van der Waals surface area contributed by atoms with Crippen molar-refractivity contribution < 1.29 is 9.30 Å². The summed E-state index contributed by atoms with van der Waals surface area (Å²) in [6.45, 7) is 3.77. The van der Waals surface area contributed by atoms with Gasteiger partial charge in [-0.05, 0) is 36.8 Å². The minimum atomic E-state index is -0.335. The Morgan fingerprint density at radius 1 is 1.06 bits per heavy atom. The summed E-state index contributed by atoms with van der Waals surface area (Å²) >= 11 is 0. The van der Waals surface area contributed by atoms with Crippen molar-refractivity contribution in [3.8, 4) is 5.75 Å². The van der Waals surface area contributed by atoms with Gasteiger partial charge in [0, 0.05) is 13.5 Å². The number of hydrogen-bond acceptors (Lipinski definition) is 4. The van der Waals surface area contributed by atoms with Gasteiger partial charge in [0.25, 0.3) is 5.56 Å². The van der Waals surface area contributed by atoms with Gasteiger partial charge in [-0.25, -0.2) is 19.2 Å². The quantitative estimate of drug-likeness (QED) is 0.502. The fourth-order valence-electron chi connectivity index (χ4n) is 4.37. The van der Waals surface area contributed by atoms with E-state index in [0.717, 1.165) is 41.5 Å². The first kappa shape index (κ1) is 20.1. The van der Waals surface area contributed by atoms with Crippen LogP contribution in [0.25, 0.3) is 11.2 Å². The number of methoxy groups -OCH3 is 1. The van der Waals surface area contributed by atoms with Crippen LogP contribution in [0.3, 0.4) is 0 Å². The molecule has 8 nitrogen and oxygen atoms in total. The van der Waals surface area contributed by atoms with Crippen molar-refractivity contribution in [3.05, 3.63) is 80.5 Å². The van der Waals surface area contributed by atoms with Crippen molar-refractivity contribution in [1.82, 2.24) is 14.1 Å². The second-order valence-electron chi connectivity index (χ2n) is 8.22. The van der Waals surface area contributed by atoms with Crippen molar-refractivity contribution in [2.24, 2.45) is 7.05 Å². The normalized spacial score (nSPS) is 13.4. The number of fused-ring (bicyclic) bond motifs is 3. The lowest BCUT2D eigenvalue weighted by atomic mass is 10.1. The highest BCUT2D eigenvalue weighted by atomic mass is 16.5. The number of nitrogens with one attached hydrogen (secondary N) is 1. The van der Waals surface area contributed by atoms with Gasteiger partial charge in [-0.3, -0.25) is 13.9 Å². The predicted octanol–water partition coefficient (Wildman–Crippen LogP) is 2.22. The van der Waals surface area contributed by atoms with Crippen LogP contribution in [-0.4, -0.2) is 27.8 Å². The molecule has 164 valence electrons. The fourth-order valence-corrected chi connectivity index (χ4v) is 4.37. The lowest BCUT2D eigenvalue weighted by Gasteiger charge is -2.22. The maximum absolute atomic E-state index is 13.5. The van der Waals surface area contributed by atoms with Crippen LogP contribution in [0.15, 0.2) is 58.1 Å². The second kappa shape index (κ2) is 7.71. The Labute approximate surface area is 184 Å². The minimum Gasteiger partial charge on any atom is -0.497 e. The van der Waals surface area contributed by atoms with Gasteiger partial charge in [-0.1, -0.05) is 29.8 Å². The second-order valence-corrected chi connectivity index (χ2v) is 8.22. The zero-order valence-corrected chi connectivity index (χ0v) is 18.5. The molecule has 0 bridgehead atoms. The number of anilines is 2. The van der Waals surface area contributed by atoms with Crippen LogP contribution < -0.4 is 25.5 Å². The average Bonchev–Trinajstić information content (AvgIpc) is 3.22. The van der Waals surface area contributed by atoms with Gasteiger partial charge >= 0.3 is 11.6 Å². The van der Waals surface area contributed by atoms with E-state index in [0.29, 0.717) is 17.7 Å². The van der Waals surface area contributed by atoms with Crippen LogP contribution in [0.2, 0.25) is 0 Å². The molecule has 8 heteroatoms.